The highest BCUT2D eigenvalue weighted by atomic mass is 16.6. The Kier molecular flexibility index (Phi) is 5.85. The predicted octanol–water partition coefficient (Wildman–Crippen LogP) is 5.50. The Balaban J connectivity index is 1.52. The number of nitrogens with zero attached hydrogens (tertiary/aromatic N) is 3. The van der Waals surface area contributed by atoms with Crippen molar-refractivity contribution < 1.29 is 14.1 Å². The third kappa shape index (κ3) is 4.29. The van der Waals surface area contributed by atoms with Crippen molar-refractivity contribution in [1.29, 1.82) is 0 Å². The number of carbonyl (C=O) groups excluding carboxylic acids is 1. The van der Waals surface area contributed by atoms with Crippen LogP contribution in [-0.4, -0.2) is 28.9 Å². The van der Waals surface area contributed by atoms with E-state index in [-0.39, 0.29) is 11.6 Å². The largest absolute Gasteiger partial charge is 0.436 e. The van der Waals surface area contributed by atoms with Gasteiger partial charge in [-0.05, 0) is 68.4 Å². The topological polar surface area (TPSA) is 102 Å². The summed E-state index contributed by atoms with van der Waals surface area (Å²) in [6, 6.07) is 18.7. The summed E-state index contributed by atoms with van der Waals surface area (Å²) >= 11 is 0. The maximum absolute atomic E-state index is 12.5. The van der Waals surface area contributed by atoms with Crippen molar-refractivity contribution >= 4 is 34.1 Å². The van der Waals surface area contributed by atoms with E-state index in [9.17, 15) is 14.9 Å². The summed E-state index contributed by atoms with van der Waals surface area (Å²) < 4.78 is 5.89. The maximum Gasteiger partial charge on any atom is 0.269 e. The molecule has 1 N–H and O–H groups in total. The SMILES string of the molecule is CCN(CC)c1ccc(-c2nc3cc(NC(=O)c4ccc([N+](=O)[O-])cc4)ccc3o2)cc1. The van der Waals surface area contributed by atoms with E-state index < -0.39 is 4.92 Å². The lowest BCUT2D eigenvalue weighted by atomic mass is 10.2. The molecule has 0 bridgehead atoms. The van der Waals surface area contributed by atoms with Crippen molar-refractivity contribution in [1.82, 2.24) is 4.98 Å². The van der Waals surface area contributed by atoms with Crippen LogP contribution in [0.3, 0.4) is 0 Å². The van der Waals surface area contributed by atoms with Gasteiger partial charge in [-0.1, -0.05) is 0 Å². The number of nitrogens with one attached hydrogen (secondary N) is 1. The fourth-order valence-electron chi connectivity index (χ4n) is 3.47. The molecule has 1 aromatic heterocycles. The Morgan fingerprint density at radius 3 is 2.34 bits per heavy atom. The fourth-order valence-corrected chi connectivity index (χ4v) is 3.47. The number of nitro benzene ring substituents is 1. The van der Waals surface area contributed by atoms with Gasteiger partial charge in [0.25, 0.3) is 11.6 Å². The molecule has 162 valence electrons. The molecule has 0 atom stereocenters. The van der Waals surface area contributed by atoms with Gasteiger partial charge >= 0.3 is 0 Å². The van der Waals surface area contributed by atoms with Gasteiger partial charge in [0.05, 0.1) is 4.92 Å². The predicted molar refractivity (Wildman–Crippen MR) is 124 cm³/mol. The molecule has 0 aliphatic rings. The molecular formula is C24H22N4O4. The van der Waals surface area contributed by atoms with Crippen LogP contribution in [0.4, 0.5) is 17.1 Å². The second-order valence-electron chi connectivity index (χ2n) is 7.18. The van der Waals surface area contributed by atoms with Crippen molar-refractivity contribution in [2.24, 2.45) is 0 Å². The lowest BCUT2D eigenvalue weighted by molar-refractivity contribution is -0.384. The quantitative estimate of drug-likeness (QED) is 0.307. The molecular weight excluding hydrogens is 408 g/mol. The minimum atomic E-state index is -0.505. The van der Waals surface area contributed by atoms with E-state index in [4.69, 9.17) is 4.42 Å². The van der Waals surface area contributed by atoms with Crippen LogP contribution in [0, 0.1) is 10.1 Å². The van der Waals surface area contributed by atoms with Crippen LogP contribution in [0.2, 0.25) is 0 Å². The standard InChI is InChI=1S/C24H22N4O4/c1-3-27(4-2)19-10-7-17(8-11-19)24-26-21-15-18(9-14-22(21)32-24)25-23(29)16-5-12-20(13-6-16)28(30)31/h5-15H,3-4H2,1-2H3,(H,25,29). The molecule has 1 amide bonds. The Hall–Kier alpha value is -4.20. The number of anilines is 2. The molecule has 0 aliphatic carbocycles. The third-order valence-corrected chi connectivity index (χ3v) is 5.23. The number of aromatic nitrogens is 1. The molecule has 0 fully saturated rings. The first kappa shape index (κ1) is 21.0. The molecule has 1 heterocycles. The summed E-state index contributed by atoms with van der Waals surface area (Å²) in [5, 5.41) is 13.5. The van der Waals surface area contributed by atoms with Crippen LogP contribution in [0.15, 0.2) is 71.1 Å². The molecule has 32 heavy (non-hydrogen) atoms. The van der Waals surface area contributed by atoms with Gasteiger partial charge in [-0.3, -0.25) is 14.9 Å². The Morgan fingerprint density at radius 2 is 1.72 bits per heavy atom. The Labute approximate surface area is 184 Å². The number of hydrogen-bond acceptors (Lipinski definition) is 6. The second kappa shape index (κ2) is 8.89. The molecule has 0 unspecified atom stereocenters. The number of benzene rings is 3. The molecule has 0 saturated carbocycles. The maximum atomic E-state index is 12.5. The number of nitro groups is 1. The number of rotatable bonds is 7. The molecule has 0 spiro atoms. The van der Waals surface area contributed by atoms with Crippen molar-refractivity contribution in [3.8, 4) is 11.5 Å². The first-order chi connectivity index (χ1) is 15.5. The van der Waals surface area contributed by atoms with Crippen LogP contribution in [-0.2, 0) is 0 Å². The molecule has 0 radical (unpaired) electrons. The number of carbonyl (C=O) groups is 1. The minimum absolute atomic E-state index is 0.0665. The van der Waals surface area contributed by atoms with E-state index in [0.29, 0.717) is 28.2 Å². The van der Waals surface area contributed by atoms with Crippen LogP contribution in [0.25, 0.3) is 22.6 Å². The van der Waals surface area contributed by atoms with Crippen LogP contribution in [0.5, 0.6) is 0 Å². The molecule has 4 rings (SSSR count). The zero-order chi connectivity index (χ0) is 22.7. The molecule has 0 aliphatic heterocycles. The smallest absolute Gasteiger partial charge is 0.269 e. The van der Waals surface area contributed by atoms with Crippen molar-refractivity contribution in [3.63, 3.8) is 0 Å². The van der Waals surface area contributed by atoms with E-state index in [2.05, 4.69) is 29.0 Å². The van der Waals surface area contributed by atoms with E-state index in [1.165, 1.54) is 24.3 Å². The number of amides is 1. The van der Waals surface area contributed by atoms with Crippen molar-refractivity contribution in [2.45, 2.75) is 13.8 Å². The number of fused-ring (bicyclic) bond motifs is 1. The summed E-state index contributed by atoms with van der Waals surface area (Å²) in [5.74, 6) is 0.139. The van der Waals surface area contributed by atoms with E-state index in [1.807, 2.05) is 24.3 Å². The first-order valence-corrected chi connectivity index (χ1v) is 10.3. The van der Waals surface area contributed by atoms with Gasteiger partial charge in [0.2, 0.25) is 5.89 Å². The van der Waals surface area contributed by atoms with Crippen LogP contribution >= 0.6 is 0 Å². The first-order valence-electron chi connectivity index (χ1n) is 10.3. The molecule has 0 saturated heterocycles. The molecule has 4 aromatic rings. The van der Waals surface area contributed by atoms with Crippen LogP contribution in [0.1, 0.15) is 24.2 Å². The lowest BCUT2D eigenvalue weighted by Gasteiger charge is -2.20. The molecule has 3 aromatic carbocycles. The molecule has 8 nitrogen and oxygen atoms in total. The monoisotopic (exact) mass is 430 g/mol. The Bertz CT molecular complexity index is 1260. The van der Waals surface area contributed by atoms with Gasteiger partial charge < -0.3 is 14.6 Å². The minimum Gasteiger partial charge on any atom is -0.436 e. The highest BCUT2D eigenvalue weighted by Gasteiger charge is 2.13. The lowest BCUT2D eigenvalue weighted by Crippen LogP contribution is -2.21. The van der Waals surface area contributed by atoms with Crippen LogP contribution < -0.4 is 10.2 Å². The Morgan fingerprint density at radius 1 is 1.03 bits per heavy atom. The second-order valence-corrected chi connectivity index (χ2v) is 7.18. The third-order valence-electron chi connectivity index (χ3n) is 5.23. The van der Waals surface area contributed by atoms with Gasteiger partial charge in [0, 0.05) is 47.7 Å². The van der Waals surface area contributed by atoms with Gasteiger partial charge in [-0.2, -0.15) is 0 Å². The number of oxazole rings is 1. The summed E-state index contributed by atoms with van der Waals surface area (Å²) in [7, 11) is 0. The van der Waals surface area contributed by atoms with Gasteiger partial charge in [-0.15, -0.1) is 0 Å². The summed E-state index contributed by atoms with van der Waals surface area (Å²) in [5.41, 5.74) is 4.06. The average molecular weight is 430 g/mol. The molecule has 8 heteroatoms. The fraction of sp³-hybridized carbons (Fsp3) is 0.167. The van der Waals surface area contributed by atoms with E-state index >= 15 is 0 Å². The summed E-state index contributed by atoms with van der Waals surface area (Å²) in [6.45, 7) is 6.12. The van der Waals surface area contributed by atoms with Gasteiger partial charge in [-0.25, -0.2) is 4.98 Å². The summed E-state index contributed by atoms with van der Waals surface area (Å²) in [6.07, 6.45) is 0. The highest BCUT2D eigenvalue weighted by molar-refractivity contribution is 6.05. The average Bonchev–Trinajstić information content (AvgIpc) is 3.24. The number of hydrogen-bond donors (Lipinski definition) is 1. The zero-order valence-corrected chi connectivity index (χ0v) is 17.7. The van der Waals surface area contributed by atoms with Crippen molar-refractivity contribution in [3.05, 3.63) is 82.4 Å². The van der Waals surface area contributed by atoms with E-state index in [0.717, 1.165) is 24.3 Å². The summed E-state index contributed by atoms with van der Waals surface area (Å²) in [4.78, 5) is 29.5. The van der Waals surface area contributed by atoms with Gasteiger partial charge in [0.15, 0.2) is 5.58 Å². The number of non-ortho nitro benzene ring substituents is 1. The van der Waals surface area contributed by atoms with Crippen molar-refractivity contribution in [2.75, 3.05) is 23.3 Å². The normalized spacial score (nSPS) is 10.8. The highest BCUT2D eigenvalue weighted by Crippen LogP contribution is 2.28. The van der Waals surface area contributed by atoms with E-state index in [1.54, 1.807) is 18.2 Å². The zero-order valence-electron chi connectivity index (χ0n) is 17.7. The van der Waals surface area contributed by atoms with Gasteiger partial charge in [0.1, 0.15) is 5.52 Å².